The molecule has 0 fully saturated rings. The SMILES string of the molecule is COc1ccc(NCC(=O)NNC(=O)CCc2nc3ccccc3[nH]2)cc1. The maximum Gasteiger partial charge on any atom is 0.257 e. The number of hydrogen-bond donors (Lipinski definition) is 4. The third-order valence-corrected chi connectivity index (χ3v) is 3.91. The van der Waals surface area contributed by atoms with Gasteiger partial charge in [0.25, 0.3) is 5.91 Å². The van der Waals surface area contributed by atoms with E-state index in [0.29, 0.717) is 6.42 Å². The Kier molecular flexibility index (Phi) is 5.88. The van der Waals surface area contributed by atoms with Gasteiger partial charge in [0.05, 0.1) is 24.7 Å². The average molecular weight is 367 g/mol. The molecule has 27 heavy (non-hydrogen) atoms. The van der Waals surface area contributed by atoms with Gasteiger partial charge >= 0.3 is 0 Å². The number of para-hydroxylation sites is 2. The van der Waals surface area contributed by atoms with E-state index in [-0.39, 0.29) is 24.8 Å². The van der Waals surface area contributed by atoms with E-state index in [4.69, 9.17) is 4.74 Å². The fourth-order valence-electron chi connectivity index (χ4n) is 2.49. The van der Waals surface area contributed by atoms with Crippen LogP contribution in [0.25, 0.3) is 11.0 Å². The van der Waals surface area contributed by atoms with Crippen molar-refractivity contribution in [3.8, 4) is 5.75 Å². The minimum Gasteiger partial charge on any atom is -0.497 e. The molecule has 140 valence electrons. The number of benzene rings is 2. The van der Waals surface area contributed by atoms with Crippen molar-refractivity contribution in [1.29, 1.82) is 0 Å². The van der Waals surface area contributed by atoms with Crippen LogP contribution < -0.4 is 20.9 Å². The van der Waals surface area contributed by atoms with Crippen LogP contribution in [-0.2, 0) is 16.0 Å². The number of aromatic amines is 1. The summed E-state index contributed by atoms with van der Waals surface area (Å²) < 4.78 is 5.07. The summed E-state index contributed by atoms with van der Waals surface area (Å²) in [7, 11) is 1.59. The normalized spacial score (nSPS) is 10.4. The molecular weight excluding hydrogens is 346 g/mol. The van der Waals surface area contributed by atoms with E-state index in [1.54, 1.807) is 31.4 Å². The highest BCUT2D eigenvalue weighted by atomic mass is 16.5. The molecule has 0 saturated carbocycles. The maximum absolute atomic E-state index is 11.9. The van der Waals surface area contributed by atoms with Gasteiger partial charge < -0.3 is 15.0 Å². The van der Waals surface area contributed by atoms with E-state index >= 15 is 0 Å². The maximum atomic E-state index is 11.9. The van der Waals surface area contributed by atoms with Gasteiger partial charge in [-0.1, -0.05) is 12.1 Å². The van der Waals surface area contributed by atoms with Crippen LogP contribution in [0.1, 0.15) is 12.2 Å². The molecule has 2 amide bonds. The van der Waals surface area contributed by atoms with Crippen LogP contribution in [0.3, 0.4) is 0 Å². The molecule has 0 aliphatic rings. The number of aromatic nitrogens is 2. The molecule has 0 atom stereocenters. The largest absolute Gasteiger partial charge is 0.497 e. The molecule has 0 aliphatic carbocycles. The number of imidazole rings is 1. The summed E-state index contributed by atoms with van der Waals surface area (Å²) in [6, 6.07) is 14.9. The van der Waals surface area contributed by atoms with E-state index < -0.39 is 0 Å². The van der Waals surface area contributed by atoms with Crippen molar-refractivity contribution in [3.63, 3.8) is 0 Å². The van der Waals surface area contributed by atoms with Crippen LogP contribution >= 0.6 is 0 Å². The third kappa shape index (κ3) is 5.21. The second-order valence-electron chi connectivity index (χ2n) is 5.88. The van der Waals surface area contributed by atoms with Crippen molar-refractivity contribution in [3.05, 3.63) is 54.4 Å². The number of aryl methyl sites for hydroxylation is 1. The van der Waals surface area contributed by atoms with Crippen molar-refractivity contribution in [1.82, 2.24) is 20.8 Å². The summed E-state index contributed by atoms with van der Waals surface area (Å²) in [5, 5.41) is 2.96. The standard InChI is InChI=1S/C19H21N5O3/c1-27-14-8-6-13(7-9-14)20-12-19(26)24-23-18(25)11-10-17-21-15-4-2-3-5-16(15)22-17/h2-9,20H,10-12H2,1H3,(H,21,22)(H,23,25)(H,24,26). The highest BCUT2D eigenvalue weighted by molar-refractivity contribution is 5.84. The predicted octanol–water partition coefficient (Wildman–Crippen LogP) is 1.76. The van der Waals surface area contributed by atoms with Crippen LogP contribution in [0.15, 0.2) is 48.5 Å². The summed E-state index contributed by atoms with van der Waals surface area (Å²) in [6.07, 6.45) is 0.673. The van der Waals surface area contributed by atoms with Crippen LogP contribution in [0.4, 0.5) is 5.69 Å². The number of anilines is 1. The number of rotatable bonds is 7. The number of hydrogen-bond acceptors (Lipinski definition) is 5. The first kappa shape index (κ1) is 18.2. The van der Waals surface area contributed by atoms with Gasteiger partial charge in [0.1, 0.15) is 11.6 Å². The van der Waals surface area contributed by atoms with Gasteiger partial charge in [-0.2, -0.15) is 0 Å². The number of amides is 2. The van der Waals surface area contributed by atoms with Gasteiger partial charge in [-0.05, 0) is 36.4 Å². The zero-order valence-electron chi connectivity index (χ0n) is 14.9. The Morgan fingerprint density at radius 2 is 1.78 bits per heavy atom. The van der Waals surface area contributed by atoms with E-state index in [2.05, 4.69) is 26.1 Å². The minimum absolute atomic E-state index is 0.0379. The van der Waals surface area contributed by atoms with Crippen LogP contribution in [0.2, 0.25) is 0 Å². The minimum atomic E-state index is -0.345. The monoisotopic (exact) mass is 367 g/mol. The molecule has 0 radical (unpaired) electrons. The van der Waals surface area contributed by atoms with E-state index in [9.17, 15) is 9.59 Å². The number of methoxy groups -OCH3 is 1. The van der Waals surface area contributed by atoms with Gasteiger partial charge in [0, 0.05) is 18.5 Å². The lowest BCUT2D eigenvalue weighted by molar-refractivity contribution is -0.128. The van der Waals surface area contributed by atoms with Gasteiger partial charge in [-0.3, -0.25) is 20.4 Å². The van der Waals surface area contributed by atoms with Crippen LogP contribution in [-0.4, -0.2) is 35.4 Å². The second kappa shape index (κ2) is 8.70. The molecule has 1 aromatic heterocycles. The van der Waals surface area contributed by atoms with Crippen molar-refractivity contribution in [2.24, 2.45) is 0 Å². The molecule has 0 saturated heterocycles. The first-order valence-electron chi connectivity index (χ1n) is 8.53. The zero-order chi connectivity index (χ0) is 19.1. The van der Waals surface area contributed by atoms with Gasteiger partial charge in [-0.15, -0.1) is 0 Å². The molecule has 3 aromatic rings. The second-order valence-corrected chi connectivity index (χ2v) is 5.88. The molecule has 0 unspecified atom stereocenters. The number of nitrogens with zero attached hydrogens (tertiary/aromatic N) is 1. The van der Waals surface area contributed by atoms with Crippen molar-refractivity contribution in [2.75, 3.05) is 19.0 Å². The van der Waals surface area contributed by atoms with E-state index in [0.717, 1.165) is 28.3 Å². The number of carbonyl (C=O) groups excluding carboxylic acids is 2. The van der Waals surface area contributed by atoms with Crippen molar-refractivity contribution >= 4 is 28.5 Å². The first-order chi connectivity index (χ1) is 13.1. The summed E-state index contributed by atoms with van der Waals surface area (Å²) >= 11 is 0. The fraction of sp³-hybridized carbons (Fsp3) is 0.211. The lowest BCUT2D eigenvalue weighted by Crippen LogP contribution is -2.44. The molecule has 2 aromatic carbocycles. The Bertz CT molecular complexity index is 887. The number of carbonyl (C=O) groups is 2. The first-order valence-corrected chi connectivity index (χ1v) is 8.53. The summed E-state index contributed by atoms with van der Waals surface area (Å²) in [4.78, 5) is 31.3. The Morgan fingerprint density at radius 1 is 1.04 bits per heavy atom. The quantitative estimate of drug-likeness (QED) is 0.476. The van der Waals surface area contributed by atoms with Gasteiger partial charge in [0.15, 0.2) is 0 Å². The predicted molar refractivity (Wildman–Crippen MR) is 102 cm³/mol. The van der Waals surface area contributed by atoms with Crippen LogP contribution in [0.5, 0.6) is 5.75 Å². The number of fused-ring (bicyclic) bond motifs is 1. The third-order valence-electron chi connectivity index (χ3n) is 3.91. The average Bonchev–Trinajstić information content (AvgIpc) is 3.12. The summed E-state index contributed by atoms with van der Waals surface area (Å²) in [5.74, 6) is 0.844. The Morgan fingerprint density at radius 3 is 2.52 bits per heavy atom. The Hall–Kier alpha value is -3.55. The number of nitrogens with one attached hydrogen (secondary N) is 4. The van der Waals surface area contributed by atoms with Crippen molar-refractivity contribution < 1.29 is 14.3 Å². The number of hydrazine groups is 1. The van der Waals surface area contributed by atoms with E-state index in [1.165, 1.54) is 0 Å². The topological polar surface area (TPSA) is 108 Å². The number of ether oxygens (including phenoxy) is 1. The molecule has 0 aliphatic heterocycles. The molecule has 0 spiro atoms. The number of H-pyrrole nitrogens is 1. The Balaban J connectivity index is 1.37. The smallest absolute Gasteiger partial charge is 0.257 e. The lowest BCUT2D eigenvalue weighted by Gasteiger charge is -2.09. The lowest BCUT2D eigenvalue weighted by atomic mass is 10.3. The fourth-order valence-corrected chi connectivity index (χ4v) is 2.49. The highest BCUT2D eigenvalue weighted by Crippen LogP contribution is 2.14. The molecule has 1 heterocycles. The zero-order valence-corrected chi connectivity index (χ0v) is 14.9. The molecule has 3 rings (SSSR count). The highest BCUT2D eigenvalue weighted by Gasteiger charge is 2.08. The van der Waals surface area contributed by atoms with E-state index in [1.807, 2.05) is 24.3 Å². The molecule has 8 nitrogen and oxygen atoms in total. The van der Waals surface area contributed by atoms with Gasteiger partial charge in [0.2, 0.25) is 5.91 Å². The molecule has 8 heteroatoms. The summed E-state index contributed by atoms with van der Waals surface area (Å²) in [6.45, 7) is 0.0379. The van der Waals surface area contributed by atoms with Crippen molar-refractivity contribution in [2.45, 2.75) is 12.8 Å². The van der Waals surface area contributed by atoms with Crippen LogP contribution in [0, 0.1) is 0 Å². The summed E-state index contributed by atoms with van der Waals surface area (Å²) in [5.41, 5.74) is 7.36. The molecule has 4 N–H and O–H groups in total. The van der Waals surface area contributed by atoms with Gasteiger partial charge in [-0.25, -0.2) is 4.98 Å². The molecule has 0 bridgehead atoms. The Labute approximate surface area is 156 Å². The molecular formula is C19H21N5O3.